The topological polar surface area (TPSA) is 77.8 Å². The molecule has 0 spiro atoms. The molecule has 0 unspecified atom stereocenters. The molecule has 4 heteroatoms. The van der Waals surface area contributed by atoms with Crippen LogP contribution in [0.5, 0.6) is 11.5 Å². The maximum Gasteiger partial charge on any atom is 0.339 e. The lowest BCUT2D eigenvalue weighted by atomic mass is 9.96. The monoisotopic (exact) mass is 244 g/mol. The molecule has 0 aliphatic heterocycles. The first-order valence-electron chi connectivity index (χ1n) is 5.36. The summed E-state index contributed by atoms with van der Waals surface area (Å²) < 4.78 is 0. The zero-order valence-corrected chi connectivity index (χ0v) is 9.71. The molecule has 0 radical (unpaired) electrons. The molecule has 3 N–H and O–H groups in total. The van der Waals surface area contributed by atoms with E-state index in [0.717, 1.165) is 5.56 Å². The summed E-state index contributed by atoms with van der Waals surface area (Å²) in [6, 6.07) is 9.57. The number of hydrogen-bond acceptors (Lipinski definition) is 3. The van der Waals surface area contributed by atoms with Crippen molar-refractivity contribution in [3.63, 3.8) is 0 Å². The predicted octanol–water partition coefficient (Wildman–Crippen LogP) is 2.77. The van der Waals surface area contributed by atoms with Crippen LogP contribution in [0.25, 0.3) is 11.1 Å². The molecule has 0 aromatic heterocycles. The van der Waals surface area contributed by atoms with Gasteiger partial charge >= 0.3 is 5.97 Å². The van der Waals surface area contributed by atoms with Crippen molar-refractivity contribution in [3.8, 4) is 22.6 Å². The molecule has 0 aliphatic rings. The highest BCUT2D eigenvalue weighted by Crippen LogP contribution is 2.40. The van der Waals surface area contributed by atoms with Gasteiger partial charge in [-0.15, -0.1) is 0 Å². The van der Waals surface area contributed by atoms with E-state index in [2.05, 4.69) is 0 Å². The SMILES string of the molecule is Cc1ccccc1-c1c(O)ccc(C(=O)O)c1O. The highest BCUT2D eigenvalue weighted by atomic mass is 16.4. The molecule has 0 fully saturated rings. The van der Waals surface area contributed by atoms with Crippen molar-refractivity contribution in [1.29, 1.82) is 0 Å². The Morgan fingerprint density at radius 2 is 1.72 bits per heavy atom. The quantitative estimate of drug-likeness (QED) is 0.759. The van der Waals surface area contributed by atoms with E-state index in [4.69, 9.17) is 5.11 Å². The molecule has 0 heterocycles. The van der Waals surface area contributed by atoms with Gasteiger partial charge in [-0.05, 0) is 30.2 Å². The van der Waals surface area contributed by atoms with Gasteiger partial charge in [-0.1, -0.05) is 24.3 Å². The lowest BCUT2D eigenvalue weighted by molar-refractivity contribution is 0.0694. The third kappa shape index (κ3) is 1.88. The van der Waals surface area contributed by atoms with Crippen LogP contribution in [0.4, 0.5) is 0 Å². The standard InChI is InChI=1S/C14H12O4/c1-8-4-2-3-5-9(8)12-11(15)7-6-10(13(12)16)14(17)18/h2-7,15-16H,1H3,(H,17,18). The molecule has 18 heavy (non-hydrogen) atoms. The number of aromatic carboxylic acids is 1. The van der Waals surface area contributed by atoms with Crippen LogP contribution in [-0.2, 0) is 0 Å². The number of carboxylic acids is 1. The van der Waals surface area contributed by atoms with Crippen molar-refractivity contribution in [1.82, 2.24) is 0 Å². The number of phenolic OH excluding ortho intramolecular Hbond substituents is 1. The summed E-state index contributed by atoms with van der Waals surface area (Å²) in [6.07, 6.45) is 0. The summed E-state index contributed by atoms with van der Waals surface area (Å²) >= 11 is 0. The second kappa shape index (κ2) is 4.41. The van der Waals surface area contributed by atoms with Crippen LogP contribution in [0.1, 0.15) is 15.9 Å². The minimum atomic E-state index is -1.23. The molecule has 0 saturated carbocycles. The molecule has 0 atom stereocenters. The fourth-order valence-corrected chi connectivity index (χ4v) is 1.87. The second-order valence-electron chi connectivity index (χ2n) is 3.98. The van der Waals surface area contributed by atoms with Crippen LogP contribution in [0.2, 0.25) is 0 Å². The normalized spacial score (nSPS) is 10.3. The van der Waals surface area contributed by atoms with Crippen molar-refractivity contribution < 1.29 is 20.1 Å². The van der Waals surface area contributed by atoms with Gasteiger partial charge in [0.25, 0.3) is 0 Å². The number of carbonyl (C=O) groups is 1. The van der Waals surface area contributed by atoms with Crippen molar-refractivity contribution in [2.24, 2.45) is 0 Å². The molecule has 2 aromatic carbocycles. The van der Waals surface area contributed by atoms with Crippen LogP contribution in [0.15, 0.2) is 36.4 Å². The third-order valence-electron chi connectivity index (χ3n) is 2.80. The molecule has 0 amide bonds. The first kappa shape index (κ1) is 12.0. The van der Waals surface area contributed by atoms with Gasteiger partial charge in [0, 0.05) is 0 Å². The van der Waals surface area contributed by atoms with Gasteiger partial charge < -0.3 is 15.3 Å². The van der Waals surface area contributed by atoms with Crippen LogP contribution in [-0.4, -0.2) is 21.3 Å². The summed E-state index contributed by atoms with van der Waals surface area (Å²) in [5.74, 6) is -1.80. The molecule has 0 bridgehead atoms. The molecule has 2 aromatic rings. The highest BCUT2D eigenvalue weighted by molar-refractivity contribution is 5.95. The smallest absolute Gasteiger partial charge is 0.339 e. The van der Waals surface area contributed by atoms with E-state index in [1.165, 1.54) is 12.1 Å². The molecule has 0 saturated heterocycles. The summed E-state index contributed by atoms with van der Waals surface area (Å²) in [5, 5.41) is 28.8. The van der Waals surface area contributed by atoms with Gasteiger partial charge in [0.05, 0.1) is 5.56 Å². The number of benzene rings is 2. The van der Waals surface area contributed by atoms with Crippen molar-refractivity contribution in [3.05, 3.63) is 47.5 Å². The molecule has 4 nitrogen and oxygen atoms in total. The molecule has 92 valence electrons. The molecule has 2 rings (SSSR count). The fraction of sp³-hybridized carbons (Fsp3) is 0.0714. The van der Waals surface area contributed by atoms with Crippen molar-refractivity contribution in [2.45, 2.75) is 6.92 Å². The average Bonchev–Trinajstić information content (AvgIpc) is 2.31. The Hall–Kier alpha value is -2.49. The van der Waals surface area contributed by atoms with Gasteiger partial charge in [-0.25, -0.2) is 4.79 Å². The van der Waals surface area contributed by atoms with Gasteiger partial charge in [0.15, 0.2) is 0 Å². The minimum absolute atomic E-state index is 0.146. The Morgan fingerprint density at radius 1 is 1.06 bits per heavy atom. The largest absolute Gasteiger partial charge is 0.507 e. The van der Waals surface area contributed by atoms with E-state index < -0.39 is 11.7 Å². The second-order valence-corrected chi connectivity index (χ2v) is 3.98. The van der Waals surface area contributed by atoms with E-state index >= 15 is 0 Å². The number of hydrogen-bond donors (Lipinski definition) is 3. The fourth-order valence-electron chi connectivity index (χ4n) is 1.87. The van der Waals surface area contributed by atoms with Crippen molar-refractivity contribution in [2.75, 3.05) is 0 Å². The zero-order chi connectivity index (χ0) is 13.3. The lowest BCUT2D eigenvalue weighted by Crippen LogP contribution is -1.98. The Balaban J connectivity index is 2.75. The number of phenols is 2. The Labute approximate surface area is 104 Å². The number of aromatic hydroxyl groups is 2. The van der Waals surface area contributed by atoms with Crippen LogP contribution >= 0.6 is 0 Å². The van der Waals surface area contributed by atoms with E-state index in [9.17, 15) is 15.0 Å². The number of aryl methyl sites for hydroxylation is 1. The van der Waals surface area contributed by atoms with E-state index in [1.807, 2.05) is 19.1 Å². The van der Waals surface area contributed by atoms with Crippen LogP contribution < -0.4 is 0 Å². The van der Waals surface area contributed by atoms with Gasteiger partial charge in [0.2, 0.25) is 0 Å². The maximum atomic E-state index is 11.0. The Kier molecular flexibility index (Phi) is 2.93. The Bertz CT molecular complexity index is 617. The minimum Gasteiger partial charge on any atom is -0.507 e. The average molecular weight is 244 g/mol. The van der Waals surface area contributed by atoms with Gasteiger partial charge in [-0.2, -0.15) is 0 Å². The molecular weight excluding hydrogens is 232 g/mol. The summed E-state index contributed by atoms with van der Waals surface area (Å²) in [4.78, 5) is 11.0. The predicted molar refractivity (Wildman–Crippen MR) is 66.9 cm³/mol. The van der Waals surface area contributed by atoms with Crippen molar-refractivity contribution >= 4 is 5.97 Å². The summed E-state index contributed by atoms with van der Waals surface area (Å²) in [6.45, 7) is 1.82. The van der Waals surface area contributed by atoms with E-state index in [1.54, 1.807) is 12.1 Å². The van der Waals surface area contributed by atoms with Crippen LogP contribution in [0.3, 0.4) is 0 Å². The van der Waals surface area contributed by atoms with Crippen LogP contribution in [0, 0.1) is 6.92 Å². The third-order valence-corrected chi connectivity index (χ3v) is 2.80. The Morgan fingerprint density at radius 3 is 2.33 bits per heavy atom. The lowest BCUT2D eigenvalue weighted by Gasteiger charge is -2.11. The first-order chi connectivity index (χ1) is 8.52. The molecular formula is C14H12O4. The summed E-state index contributed by atoms with van der Waals surface area (Å²) in [7, 11) is 0. The van der Waals surface area contributed by atoms with E-state index in [0.29, 0.717) is 5.56 Å². The number of rotatable bonds is 2. The maximum absolute atomic E-state index is 11.0. The highest BCUT2D eigenvalue weighted by Gasteiger charge is 2.19. The van der Waals surface area contributed by atoms with E-state index in [-0.39, 0.29) is 16.9 Å². The molecule has 0 aliphatic carbocycles. The zero-order valence-electron chi connectivity index (χ0n) is 9.71. The van der Waals surface area contributed by atoms with Gasteiger partial charge in [0.1, 0.15) is 17.1 Å². The number of carboxylic acid groups (broad SMARTS) is 1. The summed E-state index contributed by atoms with van der Waals surface area (Å²) in [5.41, 5.74) is 1.36. The first-order valence-corrected chi connectivity index (χ1v) is 5.36. The van der Waals surface area contributed by atoms with Gasteiger partial charge in [-0.3, -0.25) is 0 Å².